The lowest BCUT2D eigenvalue weighted by molar-refractivity contribution is 0.302. The number of aryl methyl sites for hydroxylation is 1. The number of rotatable bonds is 7. The quantitative estimate of drug-likeness (QED) is 0.459. The van der Waals surface area contributed by atoms with E-state index in [0.717, 1.165) is 17.5 Å². The minimum absolute atomic E-state index is 0.0721. The number of oxazole rings is 1. The van der Waals surface area contributed by atoms with E-state index in [0.29, 0.717) is 18.0 Å². The minimum Gasteiger partial charge on any atom is -0.476 e. The summed E-state index contributed by atoms with van der Waals surface area (Å²) in [7, 11) is -3.88. The summed E-state index contributed by atoms with van der Waals surface area (Å²) in [4.78, 5) is 13.0. The van der Waals surface area contributed by atoms with Crippen molar-refractivity contribution in [2.24, 2.45) is 5.14 Å². The van der Waals surface area contributed by atoms with Gasteiger partial charge >= 0.3 is 6.01 Å². The maximum atomic E-state index is 11.6. The molecule has 9 nitrogen and oxygen atoms in total. The highest BCUT2D eigenvalue weighted by atomic mass is 32.2. The number of hydrogen-bond donors (Lipinski definition) is 1. The Hall–Kier alpha value is -3.50. The zero-order valence-corrected chi connectivity index (χ0v) is 17.7. The monoisotopic (exact) mass is 440 g/mol. The molecule has 0 atom stereocenters. The second-order valence-corrected chi connectivity index (χ2v) is 8.39. The van der Waals surface area contributed by atoms with Gasteiger partial charge in [0.25, 0.3) is 11.6 Å². The molecule has 0 unspecified atom stereocenters. The summed E-state index contributed by atoms with van der Waals surface area (Å²) in [6.07, 6.45) is 0.765. The average molecular weight is 440 g/mol. The van der Waals surface area contributed by atoms with Crippen LogP contribution in [-0.2, 0) is 10.0 Å². The number of primary sulfonamides is 1. The van der Waals surface area contributed by atoms with E-state index in [2.05, 4.69) is 15.0 Å². The van der Waals surface area contributed by atoms with E-state index in [1.54, 1.807) is 6.07 Å². The Morgan fingerprint density at radius 1 is 1.06 bits per heavy atom. The van der Waals surface area contributed by atoms with Gasteiger partial charge in [0.05, 0.1) is 11.5 Å². The number of hydrogen-bond acceptors (Lipinski definition) is 8. The van der Waals surface area contributed by atoms with E-state index in [4.69, 9.17) is 19.0 Å². The second-order valence-electron chi connectivity index (χ2n) is 6.82. The summed E-state index contributed by atoms with van der Waals surface area (Å²) in [5.74, 6) is 0.792. The number of nitrogens with zero attached hydrogens (tertiary/aromatic N) is 3. The largest absolute Gasteiger partial charge is 0.476 e. The Morgan fingerprint density at radius 2 is 1.87 bits per heavy atom. The van der Waals surface area contributed by atoms with Gasteiger partial charge in [0.2, 0.25) is 15.9 Å². The van der Waals surface area contributed by atoms with Crippen molar-refractivity contribution in [2.75, 3.05) is 6.61 Å². The van der Waals surface area contributed by atoms with Crippen molar-refractivity contribution in [2.45, 2.75) is 25.2 Å². The molecule has 0 saturated heterocycles. The van der Waals surface area contributed by atoms with E-state index >= 15 is 0 Å². The van der Waals surface area contributed by atoms with Crippen molar-refractivity contribution in [3.05, 3.63) is 54.1 Å². The third-order valence-corrected chi connectivity index (χ3v) is 5.17. The van der Waals surface area contributed by atoms with Crippen LogP contribution < -0.4 is 14.6 Å². The summed E-state index contributed by atoms with van der Waals surface area (Å²) >= 11 is 0. The summed E-state index contributed by atoms with van der Waals surface area (Å²) in [6.45, 7) is 4.36. The average Bonchev–Trinajstić information content (AvgIpc) is 3.16. The zero-order valence-electron chi connectivity index (χ0n) is 16.9. The van der Waals surface area contributed by atoms with E-state index in [-0.39, 0.29) is 28.2 Å². The van der Waals surface area contributed by atoms with Crippen molar-refractivity contribution in [3.8, 4) is 29.1 Å². The molecule has 0 spiro atoms. The van der Waals surface area contributed by atoms with Crippen LogP contribution in [0, 0.1) is 6.92 Å². The first-order chi connectivity index (χ1) is 14.8. The fourth-order valence-electron chi connectivity index (χ4n) is 2.85. The standard InChI is InChI=1S/C21H20N4O5S/c1-3-10-28-19-17-20(30-18(23-17)14-7-4-6-13(2)11-14)25-21(24-19)29-15-8-5-9-16(12-15)31(22,26)27/h4-9,11-12H,3,10H2,1-2H3,(H2,22,26,27). The Morgan fingerprint density at radius 3 is 2.61 bits per heavy atom. The number of ether oxygens (including phenoxy) is 2. The maximum Gasteiger partial charge on any atom is 0.328 e. The van der Waals surface area contributed by atoms with Gasteiger partial charge in [-0.25, -0.2) is 18.5 Å². The molecule has 10 heteroatoms. The fraction of sp³-hybridized carbons (Fsp3) is 0.190. The lowest BCUT2D eigenvalue weighted by atomic mass is 10.1. The molecule has 4 rings (SSSR count). The lowest BCUT2D eigenvalue weighted by Gasteiger charge is -2.07. The Labute approximate surface area is 178 Å². The summed E-state index contributed by atoms with van der Waals surface area (Å²) in [5, 5.41) is 5.18. The molecular formula is C21H20N4O5S. The van der Waals surface area contributed by atoms with E-state index in [1.165, 1.54) is 18.2 Å². The fourth-order valence-corrected chi connectivity index (χ4v) is 3.39. The minimum atomic E-state index is -3.88. The van der Waals surface area contributed by atoms with Gasteiger partial charge in [-0.3, -0.25) is 0 Å². The summed E-state index contributed by atoms with van der Waals surface area (Å²) < 4.78 is 40.4. The molecule has 0 saturated carbocycles. The normalized spacial score (nSPS) is 11.6. The molecule has 0 amide bonds. The van der Waals surface area contributed by atoms with E-state index in [1.807, 2.05) is 38.1 Å². The maximum absolute atomic E-state index is 11.6. The first-order valence-corrected chi connectivity index (χ1v) is 11.1. The molecule has 0 bridgehead atoms. The molecule has 160 valence electrons. The molecule has 0 aliphatic heterocycles. The van der Waals surface area contributed by atoms with Crippen LogP contribution >= 0.6 is 0 Å². The SMILES string of the molecule is CCCOc1nc(Oc2cccc(S(N)(=O)=O)c2)nc2oc(-c3cccc(C)c3)nc12. The number of sulfonamides is 1. The Bertz CT molecular complexity index is 1350. The highest BCUT2D eigenvalue weighted by Crippen LogP contribution is 2.31. The number of fused-ring (bicyclic) bond motifs is 1. The van der Waals surface area contributed by atoms with Gasteiger partial charge in [-0.15, -0.1) is 0 Å². The molecule has 0 aliphatic carbocycles. The molecule has 0 radical (unpaired) electrons. The predicted octanol–water partition coefficient (Wildman–Crippen LogP) is 3.82. The van der Waals surface area contributed by atoms with Gasteiger partial charge in [-0.2, -0.15) is 9.97 Å². The van der Waals surface area contributed by atoms with Gasteiger partial charge in [0.1, 0.15) is 5.75 Å². The van der Waals surface area contributed by atoms with Gasteiger partial charge in [0, 0.05) is 11.6 Å². The van der Waals surface area contributed by atoms with Crippen LogP contribution in [0.15, 0.2) is 57.8 Å². The first kappa shape index (κ1) is 20.8. The van der Waals surface area contributed by atoms with Crippen LogP contribution in [0.5, 0.6) is 17.6 Å². The van der Waals surface area contributed by atoms with Gasteiger partial charge in [0.15, 0.2) is 5.52 Å². The number of aromatic nitrogens is 3. The van der Waals surface area contributed by atoms with E-state index < -0.39 is 10.0 Å². The molecule has 4 aromatic rings. The zero-order chi connectivity index (χ0) is 22.0. The van der Waals surface area contributed by atoms with Crippen LogP contribution in [-0.4, -0.2) is 30.0 Å². The molecule has 2 aromatic heterocycles. The smallest absolute Gasteiger partial charge is 0.328 e. The highest BCUT2D eigenvalue weighted by Gasteiger charge is 2.19. The predicted molar refractivity (Wildman–Crippen MR) is 113 cm³/mol. The Kier molecular flexibility index (Phi) is 5.57. The van der Waals surface area contributed by atoms with Crippen molar-refractivity contribution < 1.29 is 22.3 Å². The molecule has 2 heterocycles. The van der Waals surface area contributed by atoms with Crippen molar-refractivity contribution >= 4 is 21.3 Å². The topological polar surface area (TPSA) is 130 Å². The molecule has 2 N–H and O–H groups in total. The third-order valence-electron chi connectivity index (χ3n) is 4.26. The van der Waals surface area contributed by atoms with Crippen molar-refractivity contribution in [1.29, 1.82) is 0 Å². The van der Waals surface area contributed by atoms with Gasteiger partial charge in [-0.1, -0.05) is 30.7 Å². The van der Waals surface area contributed by atoms with Crippen molar-refractivity contribution in [1.82, 2.24) is 15.0 Å². The van der Waals surface area contributed by atoms with Crippen LogP contribution in [0.2, 0.25) is 0 Å². The number of benzene rings is 2. The number of nitrogens with two attached hydrogens (primary N) is 1. The Balaban J connectivity index is 1.76. The third kappa shape index (κ3) is 4.65. The van der Waals surface area contributed by atoms with E-state index in [9.17, 15) is 8.42 Å². The summed E-state index contributed by atoms with van der Waals surface area (Å²) in [6, 6.07) is 13.4. The van der Waals surface area contributed by atoms with Crippen LogP contribution in [0.4, 0.5) is 0 Å². The molecular weight excluding hydrogens is 420 g/mol. The van der Waals surface area contributed by atoms with Crippen LogP contribution in [0.3, 0.4) is 0 Å². The molecule has 0 fully saturated rings. The molecule has 2 aromatic carbocycles. The van der Waals surface area contributed by atoms with Crippen molar-refractivity contribution in [3.63, 3.8) is 0 Å². The van der Waals surface area contributed by atoms with Crippen LogP contribution in [0.25, 0.3) is 22.7 Å². The van der Waals surface area contributed by atoms with Gasteiger partial charge in [-0.05, 0) is 37.6 Å². The van der Waals surface area contributed by atoms with Crippen LogP contribution in [0.1, 0.15) is 18.9 Å². The first-order valence-electron chi connectivity index (χ1n) is 9.52. The molecule has 0 aliphatic rings. The summed E-state index contributed by atoms with van der Waals surface area (Å²) in [5.41, 5.74) is 2.42. The van der Waals surface area contributed by atoms with Gasteiger partial charge < -0.3 is 13.9 Å². The lowest BCUT2D eigenvalue weighted by Crippen LogP contribution is -2.12. The highest BCUT2D eigenvalue weighted by molar-refractivity contribution is 7.89. The molecule has 31 heavy (non-hydrogen) atoms. The second kappa shape index (κ2) is 8.32.